The summed E-state index contributed by atoms with van der Waals surface area (Å²) in [4.78, 5) is 0. The summed E-state index contributed by atoms with van der Waals surface area (Å²) >= 11 is 3.32. The molecule has 0 aromatic heterocycles. The van der Waals surface area contributed by atoms with E-state index < -0.39 is 0 Å². The summed E-state index contributed by atoms with van der Waals surface area (Å²) < 4.78 is 10.4. The highest BCUT2D eigenvalue weighted by molar-refractivity contribution is 9.09. The average Bonchev–Trinajstić information content (AvgIpc) is 1.89. The van der Waals surface area contributed by atoms with E-state index in [2.05, 4.69) is 15.9 Å². The minimum atomic E-state index is -0.0518. The molecular formula is C7H15BrO2. The highest BCUT2D eigenvalue weighted by Crippen LogP contribution is 1.95. The molecular weight excluding hydrogens is 196 g/mol. The monoisotopic (exact) mass is 210 g/mol. The van der Waals surface area contributed by atoms with Crippen LogP contribution < -0.4 is 0 Å². The van der Waals surface area contributed by atoms with Gasteiger partial charge in [0.2, 0.25) is 0 Å². The fourth-order valence-electron chi connectivity index (χ4n) is 0.587. The molecule has 0 amide bonds. The predicted octanol–water partition coefficient (Wildman–Crippen LogP) is 2.17. The normalized spacial score (nSPS) is 13.5. The lowest BCUT2D eigenvalue weighted by molar-refractivity contribution is -0.126. The second-order valence-corrected chi connectivity index (χ2v) is 2.73. The third kappa shape index (κ3) is 6.52. The van der Waals surface area contributed by atoms with Gasteiger partial charge in [-0.2, -0.15) is 0 Å². The first-order chi connectivity index (χ1) is 4.81. The van der Waals surface area contributed by atoms with Gasteiger partial charge in [0.15, 0.2) is 6.29 Å². The lowest BCUT2D eigenvalue weighted by Gasteiger charge is -2.11. The molecule has 0 rings (SSSR count). The van der Waals surface area contributed by atoms with Crippen molar-refractivity contribution >= 4 is 15.9 Å². The van der Waals surface area contributed by atoms with Crippen molar-refractivity contribution in [1.82, 2.24) is 0 Å². The van der Waals surface area contributed by atoms with Gasteiger partial charge in [0.05, 0.1) is 6.61 Å². The van der Waals surface area contributed by atoms with Crippen molar-refractivity contribution in [2.75, 3.05) is 18.5 Å². The van der Waals surface area contributed by atoms with Gasteiger partial charge in [-0.1, -0.05) is 15.9 Å². The molecule has 0 aliphatic carbocycles. The second kappa shape index (κ2) is 7.51. The Labute approximate surface area is 71.0 Å². The minimum Gasteiger partial charge on any atom is -0.353 e. The van der Waals surface area contributed by atoms with Gasteiger partial charge >= 0.3 is 0 Å². The zero-order valence-electron chi connectivity index (χ0n) is 6.60. The summed E-state index contributed by atoms with van der Waals surface area (Å²) in [7, 11) is 0. The largest absolute Gasteiger partial charge is 0.353 e. The fourth-order valence-corrected chi connectivity index (χ4v) is 0.816. The molecule has 0 saturated carbocycles. The number of alkyl halides is 1. The van der Waals surface area contributed by atoms with E-state index in [1.807, 2.05) is 13.8 Å². The van der Waals surface area contributed by atoms with Crippen LogP contribution >= 0.6 is 15.9 Å². The molecule has 0 aromatic rings. The van der Waals surface area contributed by atoms with E-state index >= 15 is 0 Å². The first-order valence-electron chi connectivity index (χ1n) is 3.60. The van der Waals surface area contributed by atoms with Gasteiger partial charge in [0.25, 0.3) is 0 Å². The van der Waals surface area contributed by atoms with Crippen LogP contribution in [0.1, 0.15) is 20.3 Å². The van der Waals surface area contributed by atoms with Gasteiger partial charge < -0.3 is 9.47 Å². The SMILES string of the molecule is CCO[C@@H](C)OCCCBr. The first kappa shape index (κ1) is 10.4. The molecule has 62 valence electrons. The van der Waals surface area contributed by atoms with Crippen molar-refractivity contribution in [3.05, 3.63) is 0 Å². The second-order valence-electron chi connectivity index (χ2n) is 1.94. The van der Waals surface area contributed by atoms with E-state index in [1.54, 1.807) is 0 Å². The Morgan fingerprint density at radius 3 is 2.60 bits per heavy atom. The van der Waals surface area contributed by atoms with Crippen LogP contribution in [0.5, 0.6) is 0 Å². The Morgan fingerprint density at radius 2 is 2.10 bits per heavy atom. The molecule has 2 nitrogen and oxygen atoms in total. The first-order valence-corrected chi connectivity index (χ1v) is 4.72. The van der Waals surface area contributed by atoms with Crippen LogP contribution in [0.4, 0.5) is 0 Å². The molecule has 0 N–H and O–H groups in total. The molecule has 0 fully saturated rings. The van der Waals surface area contributed by atoms with Crippen LogP contribution in [0, 0.1) is 0 Å². The summed E-state index contributed by atoms with van der Waals surface area (Å²) in [6.07, 6.45) is 0.987. The molecule has 0 spiro atoms. The predicted molar refractivity (Wildman–Crippen MR) is 45.5 cm³/mol. The third-order valence-corrected chi connectivity index (χ3v) is 1.59. The molecule has 0 heterocycles. The van der Waals surface area contributed by atoms with Crippen molar-refractivity contribution in [3.63, 3.8) is 0 Å². The maximum atomic E-state index is 5.27. The van der Waals surface area contributed by atoms with Crippen molar-refractivity contribution in [2.45, 2.75) is 26.6 Å². The number of hydrogen-bond acceptors (Lipinski definition) is 2. The molecule has 0 bridgehead atoms. The van der Waals surface area contributed by atoms with Crippen molar-refractivity contribution in [1.29, 1.82) is 0 Å². The van der Waals surface area contributed by atoms with Crippen LogP contribution in [0.25, 0.3) is 0 Å². The van der Waals surface area contributed by atoms with Gasteiger partial charge in [-0.25, -0.2) is 0 Å². The van der Waals surface area contributed by atoms with Crippen LogP contribution in [-0.4, -0.2) is 24.8 Å². The summed E-state index contributed by atoms with van der Waals surface area (Å²) in [6, 6.07) is 0. The summed E-state index contributed by atoms with van der Waals surface area (Å²) in [5.41, 5.74) is 0. The van der Waals surface area contributed by atoms with Crippen LogP contribution in [0.3, 0.4) is 0 Å². The Hall–Kier alpha value is 0.400. The van der Waals surface area contributed by atoms with Gasteiger partial charge in [-0.3, -0.25) is 0 Å². The Kier molecular flexibility index (Phi) is 7.81. The molecule has 3 heteroatoms. The van der Waals surface area contributed by atoms with E-state index in [-0.39, 0.29) is 6.29 Å². The van der Waals surface area contributed by atoms with E-state index in [4.69, 9.17) is 9.47 Å². The zero-order valence-corrected chi connectivity index (χ0v) is 8.19. The summed E-state index contributed by atoms with van der Waals surface area (Å²) in [5.74, 6) is 0. The Balaban J connectivity index is 2.97. The molecule has 0 unspecified atom stereocenters. The molecule has 0 saturated heterocycles. The Morgan fingerprint density at radius 1 is 1.40 bits per heavy atom. The maximum absolute atomic E-state index is 5.27. The topological polar surface area (TPSA) is 18.5 Å². The average molecular weight is 211 g/mol. The maximum Gasteiger partial charge on any atom is 0.154 e. The molecule has 10 heavy (non-hydrogen) atoms. The number of ether oxygens (including phenoxy) is 2. The minimum absolute atomic E-state index is 0.0518. The van der Waals surface area contributed by atoms with Gasteiger partial charge in [-0.05, 0) is 20.3 Å². The van der Waals surface area contributed by atoms with Crippen molar-refractivity contribution in [2.24, 2.45) is 0 Å². The van der Waals surface area contributed by atoms with Crippen molar-refractivity contribution < 1.29 is 9.47 Å². The number of hydrogen-bond donors (Lipinski definition) is 0. The standard InChI is InChI=1S/C7H15BrO2/c1-3-9-7(2)10-6-4-5-8/h7H,3-6H2,1-2H3/t7-/m1/s1. The van der Waals surface area contributed by atoms with Crippen LogP contribution in [0.2, 0.25) is 0 Å². The van der Waals surface area contributed by atoms with Crippen molar-refractivity contribution in [3.8, 4) is 0 Å². The summed E-state index contributed by atoms with van der Waals surface area (Å²) in [6.45, 7) is 5.37. The molecule has 1 atom stereocenters. The van der Waals surface area contributed by atoms with E-state index in [0.29, 0.717) is 0 Å². The third-order valence-electron chi connectivity index (χ3n) is 1.03. The molecule has 0 aliphatic rings. The van der Waals surface area contributed by atoms with Crippen LogP contribution in [-0.2, 0) is 9.47 Å². The lowest BCUT2D eigenvalue weighted by atomic mass is 10.5. The highest BCUT2D eigenvalue weighted by atomic mass is 79.9. The fraction of sp³-hybridized carbons (Fsp3) is 1.00. The van der Waals surface area contributed by atoms with Crippen LogP contribution in [0.15, 0.2) is 0 Å². The quantitative estimate of drug-likeness (QED) is 0.381. The van der Waals surface area contributed by atoms with Gasteiger partial charge in [-0.15, -0.1) is 0 Å². The molecule has 0 aromatic carbocycles. The smallest absolute Gasteiger partial charge is 0.154 e. The van der Waals surface area contributed by atoms with Gasteiger partial charge in [0, 0.05) is 11.9 Å². The highest BCUT2D eigenvalue weighted by Gasteiger charge is 1.97. The van der Waals surface area contributed by atoms with E-state index in [0.717, 1.165) is 25.0 Å². The summed E-state index contributed by atoms with van der Waals surface area (Å²) in [5, 5.41) is 0.992. The molecule has 0 aliphatic heterocycles. The zero-order chi connectivity index (χ0) is 7.82. The van der Waals surface area contributed by atoms with E-state index in [9.17, 15) is 0 Å². The Bertz CT molecular complexity index is 68.6. The lowest BCUT2D eigenvalue weighted by Crippen LogP contribution is -2.13. The number of halogens is 1. The molecule has 0 radical (unpaired) electrons. The van der Waals surface area contributed by atoms with E-state index in [1.165, 1.54) is 0 Å². The number of rotatable bonds is 6. The van der Waals surface area contributed by atoms with Gasteiger partial charge in [0.1, 0.15) is 0 Å².